The van der Waals surface area contributed by atoms with Crippen LogP contribution in [0.1, 0.15) is 4.11 Å². The van der Waals surface area contributed by atoms with Gasteiger partial charge < -0.3 is 0 Å². The third-order valence-electron chi connectivity index (χ3n) is 2.89. The number of rotatable bonds is 2. The van der Waals surface area contributed by atoms with Gasteiger partial charge in [0.25, 0.3) is 0 Å². The van der Waals surface area contributed by atoms with E-state index in [0.717, 1.165) is 11.1 Å². The maximum Gasteiger partial charge on any atom is 0.0641 e. The SMILES string of the molecule is [2H]c1c([2H])c(-c2ccccc2)c(Br)c([2H])c1-c1ccccc1. The first-order chi connectivity index (χ1) is 10.6. The maximum absolute atomic E-state index is 8.41. The lowest BCUT2D eigenvalue weighted by Gasteiger charge is -2.08. The van der Waals surface area contributed by atoms with Crippen LogP contribution in [0.4, 0.5) is 0 Å². The van der Waals surface area contributed by atoms with Gasteiger partial charge in [0.05, 0.1) is 4.11 Å². The molecule has 0 heterocycles. The van der Waals surface area contributed by atoms with Gasteiger partial charge in [-0.2, -0.15) is 0 Å². The Hall–Kier alpha value is -1.86. The first kappa shape index (κ1) is 9.11. The lowest BCUT2D eigenvalue weighted by atomic mass is 10.0. The Kier molecular flexibility index (Phi) is 2.60. The Morgan fingerprint density at radius 2 is 1.26 bits per heavy atom. The molecule has 0 fully saturated rings. The molecule has 3 rings (SSSR count). The fourth-order valence-electron chi connectivity index (χ4n) is 1.94. The average molecular weight is 312 g/mol. The van der Waals surface area contributed by atoms with Gasteiger partial charge in [-0.05, 0) is 28.3 Å². The molecule has 0 aliphatic heterocycles. The summed E-state index contributed by atoms with van der Waals surface area (Å²) in [7, 11) is 0. The first-order valence-electron chi connectivity index (χ1n) is 7.51. The maximum atomic E-state index is 8.41. The molecule has 0 aliphatic carbocycles. The van der Waals surface area contributed by atoms with Gasteiger partial charge >= 0.3 is 0 Å². The lowest BCUT2D eigenvalue weighted by Crippen LogP contribution is -1.82. The molecule has 19 heavy (non-hydrogen) atoms. The van der Waals surface area contributed by atoms with Gasteiger partial charge in [0, 0.05) is 4.47 Å². The monoisotopic (exact) mass is 311 g/mol. The molecule has 0 N–H and O–H groups in total. The standard InChI is InChI=1S/C18H13Br/c19-18-13-16(14-7-3-1-4-8-14)11-12-17(18)15-9-5-2-6-10-15/h1-13H/i11D,12D,13D. The smallest absolute Gasteiger partial charge is 0.0622 e. The fourth-order valence-corrected chi connectivity index (χ4v) is 2.46. The van der Waals surface area contributed by atoms with E-state index >= 15 is 0 Å². The third-order valence-corrected chi connectivity index (χ3v) is 3.49. The van der Waals surface area contributed by atoms with Crippen molar-refractivity contribution in [3.05, 3.63) is 83.3 Å². The zero-order chi connectivity index (χ0) is 15.7. The minimum Gasteiger partial charge on any atom is -0.0622 e. The summed E-state index contributed by atoms with van der Waals surface area (Å²) >= 11 is 3.46. The van der Waals surface area contributed by atoms with Crippen LogP contribution in [0.25, 0.3) is 22.3 Å². The minimum absolute atomic E-state index is 0.0817. The van der Waals surface area contributed by atoms with Crippen molar-refractivity contribution in [2.45, 2.75) is 0 Å². The zero-order valence-electron chi connectivity index (χ0n) is 13.2. The average Bonchev–Trinajstić information content (AvgIpc) is 2.55. The summed E-state index contributed by atoms with van der Waals surface area (Å²) in [6, 6.07) is 19.3. The van der Waals surface area contributed by atoms with E-state index in [-0.39, 0.29) is 18.1 Å². The third kappa shape index (κ3) is 2.61. The van der Waals surface area contributed by atoms with E-state index in [9.17, 15) is 0 Å². The summed E-state index contributed by atoms with van der Waals surface area (Å²) in [5.74, 6) is 0. The predicted molar refractivity (Wildman–Crippen MR) is 85.0 cm³/mol. The first-order valence-corrected chi connectivity index (χ1v) is 6.80. The highest BCUT2D eigenvalue weighted by molar-refractivity contribution is 9.10. The van der Waals surface area contributed by atoms with Crippen LogP contribution in [-0.2, 0) is 0 Å². The highest BCUT2D eigenvalue weighted by Gasteiger charge is 2.04. The van der Waals surface area contributed by atoms with E-state index < -0.39 is 0 Å². The number of halogens is 1. The molecule has 0 nitrogen and oxygen atoms in total. The van der Waals surface area contributed by atoms with Gasteiger partial charge in [-0.1, -0.05) is 88.7 Å². The largest absolute Gasteiger partial charge is 0.0641 e. The highest BCUT2D eigenvalue weighted by atomic mass is 79.9. The van der Waals surface area contributed by atoms with Crippen LogP contribution in [0.3, 0.4) is 0 Å². The van der Waals surface area contributed by atoms with Crippen LogP contribution in [0.5, 0.6) is 0 Å². The van der Waals surface area contributed by atoms with E-state index in [1.165, 1.54) is 0 Å². The molecule has 1 heteroatoms. The minimum atomic E-state index is 0.0817. The van der Waals surface area contributed by atoms with E-state index in [1.807, 2.05) is 60.7 Å². The van der Waals surface area contributed by atoms with Crippen molar-refractivity contribution in [3.63, 3.8) is 0 Å². The van der Waals surface area contributed by atoms with E-state index in [2.05, 4.69) is 15.9 Å². The molecule has 3 aromatic rings. The number of hydrogen-bond donors (Lipinski definition) is 0. The van der Waals surface area contributed by atoms with E-state index in [1.54, 1.807) is 0 Å². The molecule has 0 bridgehead atoms. The normalized spacial score (nSPS) is 12.6. The highest BCUT2D eigenvalue weighted by Crippen LogP contribution is 2.32. The van der Waals surface area contributed by atoms with Crippen LogP contribution in [-0.4, -0.2) is 0 Å². The molecule has 0 radical (unpaired) electrons. The van der Waals surface area contributed by atoms with Crippen molar-refractivity contribution < 1.29 is 4.11 Å². The van der Waals surface area contributed by atoms with Gasteiger partial charge in [-0.15, -0.1) is 0 Å². The summed E-state index contributed by atoms with van der Waals surface area (Å²) in [6.45, 7) is 0. The second kappa shape index (κ2) is 5.41. The second-order valence-corrected chi connectivity index (χ2v) is 4.96. The van der Waals surface area contributed by atoms with Crippen molar-refractivity contribution in [3.8, 4) is 22.3 Å². The van der Waals surface area contributed by atoms with Gasteiger partial charge in [-0.3, -0.25) is 0 Å². The van der Waals surface area contributed by atoms with E-state index in [4.69, 9.17) is 4.11 Å². The number of benzene rings is 3. The summed E-state index contributed by atoms with van der Waals surface area (Å²) in [5.41, 5.74) is 2.69. The molecule has 0 unspecified atom stereocenters. The van der Waals surface area contributed by atoms with Crippen LogP contribution < -0.4 is 0 Å². The van der Waals surface area contributed by atoms with Crippen molar-refractivity contribution in [2.24, 2.45) is 0 Å². The Balaban J connectivity index is 2.31. The Morgan fingerprint density at radius 1 is 0.684 bits per heavy atom. The molecule has 0 aromatic heterocycles. The van der Waals surface area contributed by atoms with Crippen molar-refractivity contribution in [1.29, 1.82) is 0 Å². The molecule has 0 aliphatic rings. The van der Waals surface area contributed by atoms with Gasteiger partial charge in [0.15, 0.2) is 0 Å². The zero-order valence-corrected chi connectivity index (χ0v) is 11.7. The van der Waals surface area contributed by atoms with Crippen molar-refractivity contribution in [2.75, 3.05) is 0 Å². The van der Waals surface area contributed by atoms with Crippen LogP contribution in [0.15, 0.2) is 83.3 Å². The summed E-state index contributed by atoms with van der Waals surface area (Å²) in [4.78, 5) is 0. The second-order valence-electron chi connectivity index (χ2n) is 4.17. The molecule has 0 amide bonds. The molecular weight excluding hydrogens is 296 g/mol. The van der Waals surface area contributed by atoms with Crippen LogP contribution in [0, 0.1) is 0 Å². The van der Waals surface area contributed by atoms with Crippen molar-refractivity contribution in [1.82, 2.24) is 0 Å². The molecule has 3 aromatic carbocycles. The fraction of sp³-hybridized carbons (Fsp3) is 0. The molecule has 92 valence electrons. The summed E-state index contributed by atoms with van der Waals surface area (Å²) in [6.07, 6.45) is 0. The molecule has 0 spiro atoms. The lowest BCUT2D eigenvalue weighted by molar-refractivity contribution is 1.56. The van der Waals surface area contributed by atoms with Crippen LogP contribution in [0.2, 0.25) is 0 Å². The van der Waals surface area contributed by atoms with Gasteiger partial charge in [0.1, 0.15) is 0 Å². The molecule has 0 saturated carbocycles. The Morgan fingerprint density at radius 3 is 1.89 bits per heavy atom. The summed E-state index contributed by atoms with van der Waals surface area (Å²) in [5, 5.41) is 0. The van der Waals surface area contributed by atoms with Gasteiger partial charge in [0.2, 0.25) is 0 Å². The topological polar surface area (TPSA) is 0 Å². The molecule has 0 saturated heterocycles. The Labute approximate surface area is 126 Å². The Bertz CT molecular complexity index is 715. The van der Waals surface area contributed by atoms with Crippen molar-refractivity contribution >= 4 is 15.9 Å². The molecular formula is C18H13Br. The quantitative estimate of drug-likeness (QED) is 0.562. The number of hydrogen-bond acceptors (Lipinski definition) is 0. The van der Waals surface area contributed by atoms with Gasteiger partial charge in [-0.25, -0.2) is 0 Å². The van der Waals surface area contributed by atoms with Crippen LogP contribution >= 0.6 is 15.9 Å². The van der Waals surface area contributed by atoms with E-state index in [0.29, 0.717) is 15.6 Å². The predicted octanol–water partition coefficient (Wildman–Crippen LogP) is 5.78. The summed E-state index contributed by atoms with van der Waals surface area (Å²) < 4.78 is 25.7. The molecule has 0 atom stereocenters.